The summed E-state index contributed by atoms with van der Waals surface area (Å²) in [5, 5.41) is 21.7. The lowest BCUT2D eigenvalue weighted by molar-refractivity contribution is -0.384. The third-order valence-electron chi connectivity index (χ3n) is 2.65. The summed E-state index contributed by atoms with van der Waals surface area (Å²) < 4.78 is 23.3. The molecule has 8 heteroatoms. The van der Waals surface area contributed by atoms with Gasteiger partial charge in [-0.1, -0.05) is 24.2 Å². The third kappa shape index (κ3) is 3.50. The van der Waals surface area contributed by atoms with Crippen molar-refractivity contribution >= 4 is 21.2 Å². The highest BCUT2D eigenvalue weighted by Crippen LogP contribution is 2.18. The maximum absolute atomic E-state index is 11.6. The molecule has 0 aliphatic heterocycles. The fourth-order valence-corrected chi connectivity index (χ4v) is 2.98. The second-order valence-electron chi connectivity index (χ2n) is 4.02. The van der Waals surface area contributed by atoms with Gasteiger partial charge in [0.2, 0.25) is 0 Å². The summed E-state index contributed by atoms with van der Waals surface area (Å²) in [5.41, 5.74) is -0.0651. The predicted molar refractivity (Wildman–Crippen MR) is 70.3 cm³/mol. The average molecular weight is 286 g/mol. The van der Waals surface area contributed by atoms with Crippen molar-refractivity contribution in [2.75, 3.05) is 6.26 Å². The summed E-state index contributed by atoms with van der Waals surface area (Å²) >= 11 is 0. The van der Waals surface area contributed by atoms with Crippen LogP contribution in [0.2, 0.25) is 0 Å². The van der Waals surface area contributed by atoms with E-state index in [2.05, 4.69) is 5.16 Å². The molecule has 7 nitrogen and oxygen atoms in total. The molecule has 0 aromatic heterocycles. The number of hydrogen-bond donors (Lipinski definition) is 1. The molecule has 0 aliphatic rings. The zero-order valence-corrected chi connectivity index (χ0v) is 11.3. The molecule has 1 N–H and O–H groups in total. The Morgan fingerprint density at radius 2 is 2.16 bits per heavy atom. The van der Waals surface area contributed by atoms with Gasteiger partial charge in [0.05, 0.1) is 4.92 Å². The molecule has 1 rings (SSSR count). The Bertz CT molecular complexity index is 609. The average Bonchev–Trinajstić information content (AvgIpc) is 2.34. The van der Waals surface area contributed by atoms with Crippen LogP contribution in [-0.2, 0) is 9.84 Å². The molecule has 0 radical (unpaired) electrons. The SMILES string of the molecule is CCC(C(=NO)c1cccc([N+](=O)[O-])c1)S(C)(=O)=O. The third-order valence-corrected chi connectivity index (χ3v) is 4.24. The van der Waals surface area contributed by atoms with Crippen LogP contribution in [0, 0.1) is 10.1 Å². The second-order valence-corrected chi connectivity index (χ2v) is 6.25. The molecule has 0 amide bonds. The van der Waals surface area contributed by atoms with Gasteiger partial charge in [0.25, 0.3) is 5.69 Å². The minimum absolute atomic E-state index is 0.0892. The lowest BCUT2D eigenvalue weighted by Gasteiger charge is -2.14. The maximum Gasteiger partial charge on any atom is 0.270 e. The number of benzene rings is 1. The van der Waals surface area contributed by atoms with E-state index in [1.54, 1.807) is 6.92 Å². The first-order valence-corrected chi connectivity index (χ1v) is 7.42. The fourth-order valence-electron chi connectivity index (χ4n) is 1.79. The number of hydrogen-bond acceptors (Lipinski definition) is 6. The van der Waals surface area contributed by atoms with Crippen LogP contribution < -0.4 is 0 Å². The number of nitro groups is 1. The number of nitro benzene ring substituents is 1. The van der Waals surface area contributed by atoms with Crippen LogP contribution in [0.15, 0.2) is 29.4 Å². The molecule has 0 saturated heterocycles. The largest absolute Gasteiger partial charge is 0.411 e. The summed E-state index contributed by atoms with van der Waals surface area (Å²) in [7, 11) is -3.47. The minimum Gasteiger partial charge on any atom is -0.411 e. The lowest BCUT2D eigenvalue weighted by Crippen LogP contribution is -2.29. The normalized spacial score (nSPS) is 14.1. The first-order valence-electron chi connectivity index (χ1n) is 5.47. The highest BCUT2D eigenvalue weighted by atomic mass is 32.2. The number of nitrogens with zero attached hydrogens (tertiary/aromatic N) is 2. The van der Waals surface area contributed by atoms with Crippen molar-refractivity contribution < 1.29 is 18.5 Å². The molecule has 0 saturated carbocycles. The first-order chi connectivity index (χ1) is 8.81. The number of sulfone groups is 1. The molecule has 0 spiro atoms. The number of non-ortho nitro benzene ring substituents is 1. The first kappa shape index (κ1) is 15.1. The summed E-state index contributed by atoms with van der Waals surface area (Å²) in [6.07, 6.45) is 1.24. The van der Waals surface area contributed by atoms with Crippen LogP contribution in [0.3, 0.4) is 0 Å². The van der Waals surface area contributed by atoms with Gasteiger partial charge in [0.1, 0.15) is 11.0 Å². The summed E-state index contributed by atoms with van der Waals surface area (Å²) in [5.74, 6) is 0. The molecule has 1 aromatic rings. The van der Waals surface area contributed by atoms with E-state index in [0.29, 0.717) is 0 Å². The van der Waals surface area contributed by atoms with E-state index in [-0.39, 0.29) is 23.4 Å². The molecule has 1 aromatic carbocycles. The van der Waals surface area contributed by atoms with Gasteiger partial charge in [0.15, 0.2) is 9.84 Å². The Labute approximate surface area is 110 Å². The van der Waals surface area contributed by atoms with Gasteiger partial charge in [-0.3, -0.25) is 10.1 Å². The molecule has 19 heavy (non-hydrogen) atoms. The van der Waals surface area contributed by atoms with Crippen LogP contribution in [0.1, 0.15) is 18.9 Å². The van der Waals surface area contributed by atoms with E-state index >= 15 is 0 Å². The standard InChI is InChI=1S/C11H14N2O5S/c1-3-10(19(2,17)18)11(12-14)8-5-4-6-9(7-8)13(15)16/h4-7,10,14H,3H2,1-2H3. The molecule has 0 fully saturated rings. The Balaban J connectivity index is 3.32. The van der Waals surface area contributed by atoms with Gasteiger partial charge in [-0.15, -0.1) is 0 Å². The monoisotopic (exact) mass is 286 g/mol. The van der Waals surface area contributed by atoms with Gasteiger partial charge in [-0.25, -0.2) is 8.42 Å². The topological polar surface area (TPSA) is 110 Å². The van der Waals surface area contributed by atoms with Crippen molar-refractivity contribution in [3.05, 3.63) is 39.9 Å². The molecular formula is C11H14N2O5S. The number of rotatable bonds is 5. The minimum atomic E-state index is -3.47. The summed E-state index contributed by atoms with van der Waals surface area (Å²) in [6, 6.07) is 5.34. The van der Waals surface area contributed by atoms with Crippen molar-refractivity contribution in [2.24, 2.45) is 5.16 Å². The molecule has 0 heterocycles. The van der Waals surface area contributed by atoms with Gasteiger partial charge < -0.3 is 5.21 Å². The Kier molecular flexibility index (Phi) is 4.60. The van der Waals surface area contributed by atoms with E-state index < -0.39 is 20.0 Å². The zero-order chi connectivity index (χ0) is 14.6. The Morgan fingerprint density at radius 1 is 1.53 bits per heavy atom. The van der Waals surface area contributed by atoms with Crippen molar-refractivity contribution in [1.29, 1.82) is 0 Å². The highest BCUT2D eigenvalue weighted by molar-refractivity contribution is 7.92. The van der Waals surface area contributed by atoms with E-state index in [4.69, 9.17) is 5.21 Å². The molecular weight excluding hydrogens is 272 g/mol. The van der Waals surface area contributed by atoms with E-state index in [0.717, 1.165) is 6.26 Å². The van der Waals surface area contributed by atoms with E-state index in [1.165, 1.54) is 24.3 Å². The molecule has 104 valence electrons. The van der Waals surface area contributed by atoms with E-state index in [1.807, 2.05) is 0 Å². The second kappa shape index (κ2) is 5.79. The molecule has 1 unspecified atom stereocenters. The zero-order valence-electron chi connectivity index (χ0n) is 10.5. The van der Waals surface area contributed by atoms with E-state index in [9.17, 15) is 18.5 Å². The van der Waals surface area contributed by atoms with Crippen molar-refractivity contribution in [1.82, 2.24) is 0 Å². The van der Waals surface area contributed by atoms with Gasteiger partial charge in [-0.05, 0) is 6.42 Å². The Hall–Kier alpha value is -1.96. The molecule has 1 atom stereocenters. The lowest BCUT2D eigenvalue weighted by atomic mass is 10.1. The van der Waals surface area contributed by atoms with Crippen LogP contribution in [0.4, 0.5) is 5.69 Å². The van der Waals surface area contributed by atoms with Crippen LogP contribution in [-0.4, -0.2) is 35.8 Å². The van der Waals surface area contributed by atoms with Crippen LogP contribution in [0.25, 0.3) is 0 Å². The quantitative estimate of drug-likeness (QED) is 0.382. The highest BCUT2D eigenvalue weighted by Gasteiger charge is 2.27. The van der Waals surface area contributed by atoms with Crippen LogP contribution >= 0.6 is 0 Å². The van der Waals surface area contributed by atoms with Crippen molar-refractivity contribution in [3.8, 4) is 0 Å². The van der Waals surface area contributed by atoms with Crippen molar-refractivity contribution in [2.45, 2.75) is 18.6 Å². The fraction of sp³-hybridized carbons (Fsp3) is 0.364. The maximum atomic E-state index is 11.6. The van der Waals surface area contributed by atoms with Crippen LogP contribution in [0.5, 0.6) is 0 Å². The van der Waals surface area contributed by atoms with Crippen molar-refractivity contribution in [3.63, 3.8) is 0 Å². The smallest absolute Gasteiger partial charge is 0.270 e. The predicted octanol–water partition coefficient (Wildman–Crippen LogP) is 1.60. The van der Waals surface area contributed by atoms with Gasteiger partial charge in [-0.2, -0.15) is 0 Å². The summed E-state index contributed by atoms with van der Waals surface area (Å²) in [4.78, 5) is 10.1. The van der Waals surface area contributed by atoms with Gasteiger partial charge in [0, 0.05) is 24.0 Å². The molecule has 0 bridgehead atoms. The molecule has 0 aliphatic carbocycles. The summed E-state index contributed by atoms with van der Waals surface area (Å²) in [6.45, 7) is 1.63. The Morgan fingerprint density at radius 3 is 2.58 bits per heavy atom. The number of oxime groups is 1. The van der Waals surface area contributed by atoms with Gasteiger partial charge >= 0.3 is 0 Å².